The van der Waals surface area contributed by atoms with Gasteiger partial charge in [0.2, 0.25) is 0 Å². The maximum absolute atomic E-state index is 2.30. The van der Waals surface area contributed by atoms with E-state index in [2.05, 4.69) is 62.4 Å². The Labute approximate surface area is 110 Å². The minimum atomic E-state index is 0.668. The summed E-state index contributed by atoms with van der Waals surface area (Å²) in [5.74, 6) is 0. The molecule has 88 valence electrons. The molecule has 17 heavy (non-hydrogen) atoms. The third-order valence-corrected chi connectivity index (χ3v) is 4.96. The van der Waals surface area contributed by atoms with Gasteiger partial charge in [-0.25, -0.2) is 0 Å². The van der Waals surface area contributed by atoms with E-state index in [0.29, 0.717) is 15.0 Å². The first kappa shape index (κ1) is 12.4. The first-order chi connectivity index (χ1) is 8.24. The van der Waals surface area contributed by atoms with Crippen LogP contribution in [0.3, 0.4) is 0 Å². The summed E-state index contributed by atoms with van der Waals surface area (Å²) in [7, 11) is 0. The molecule has 1 heteroatoms. The summed E-state index contributed by atoms with van der Waals surface area (Å²) >= 11 is 0.668. The van der Waals surface area contributed by atoms with Gasteiger partial charge < -0.3 is 0 Å². The number of aryl methyl sites for hydroxylation is 2. The van der Waals surface area contributed by atoms with Crippen molar-refractivity contribution in [1.29, 1.82) is 0 Å². The molecule has 0 bridgehead atoms. The van der Waals surface area contributed by atoms with Gasteiger partial charge in [-0.15, -0.1) is 0 Å². The molecule has 0 unspecified atom stereocenters. The van der Waals surface area contributed by atoms with Crippen LogP contribution in [-0.4, -0.2) is 15.0 Å². The topological polar surface area (TPSA) is 0 Å². The van der Waals surface area contributed by atoms with E-state index in [4.69, 9.17) is 0 Å². The van der Waals surface area contributed by atoms with Crippen LogP contribution in [0.1, 0.15) is 22.3 Å². The maximum atomic E-state index is 2.30. The van der Waals surface area contributed by atoms with Gasteiger partial charge in [0, 0.05) is 0 Å². The molecule has 0 aliphatic carbocycles. The van der Waals surface area contributed by atoms with Crippen LogP contribution in [0.4, 0.5) is 0 Å². The van der Waals surface area contributed by atoms with Gasteiger partial charge in [-0.3, -0.25) is 0 Å². The van der Waals surface area contributed by atoms with E-state index in [-0.39, 0.29) is 0 Å². The molecule has 0 aliphatic heterocycles. The summed E-state index contributed by atoms with van der Waals surface area (Å²) in [5, 5.41) is 2.48. The van der Waals surface area contributed by atoms with Gasteiger partial charge >= 0.3 is 110 Å². The van der Waals surface area contributed by atoms with E-state index in [1.54, 1.807) is 0 Å². The Morgan fingerprint density at radius 2 is 1.24 bits per heavy atom. The van der Waals surface area contributed by atoms with Crippen LogP contribution in [0.2, 0.25) is 0 Å². The van der Waals surface area contributed by atoms with Gasteiger partial charge in [-0.1, -0.05) is 0 Å². The standard InChI is InChI=1S/C16H18Se/c1-13-5-3-7-15(9-13)11-17-12-16-8-4-6-14(2)10-16/h3-10H,11-12H2,1-2H3. The summed E-state index contributed by atoms with van der Waals surface area (Å²) in [4.78, 5) is 0. The van der Waals surface area contributed by atoms with Crippen molar-refractivity contribution < 1.29 is 0 Å². The molecule has 2 rings (SSSR count). The number of hydrogen-bond acceptors (Lipinski definition) is 0. The van der Waals surface area contributed by atoms with Gasteiger partial charge in [0.1, 0.15) is 0 Å². The second-order valence-corrected chi connectivity index (χ2v) is 6.54. The van der Waals surface area contributed by atoms with Crippen LogP contribution in [-0.2, 0) is 10.6 Å². The molecule has 0 N–H and O–H groups in total. The van der Waals surface area contributed by atoms with E-state index < -0.39 is 0 Å². The molecule has 0 saturated heterocycles. The average molecular weight is 289 g/mol. The third-order valence-electron chi connectivity index (χ3n) is 2.70. The van der Waals surface area contributed by atoms with E-state index >= 15 is 0 Å². The molecule has 0 aliphatic rings. The minimum absolute atomic E-state index is 0.668. The Balaban J connectivity index is 1.87. The summed E-state index contributed by atoms with van der Waals surface area (Å²) < 4.78 is 0. The van der Waals surface area contributed by atoms with Gasteiger partial charge in [0.05, 0.1) is 0 Å². The molecule has 0 fully saturated rings. The monoisotopic (exact) mass is 290 g/mol. The van der Waals surface area contributed by atoms with Gasteiger partial charge in [-0.2, -0.15) is 0 Å². The van der Waals surface area contributed by atoms with Crippen molar-refractivity contribution in [1.82, 2.24) is 0 Å². The molecule has 0 saturated carbocycles. The Hall–Kier alpha value is -1.04. The van der Waals surface area contributed by atoms with Gasteiger partial charge in [0.15, 0.2) is 0 Å². The fourth-order valence-electron chi connectivity index (χ4n) is 1.89. The summed E-state index contributed by atoms with van der Waals surface area (Å²) in [6.07, 6.45) is 0. The quantitative estimate of drug-likeness (QED) is 0.753. The summed E-state index contributed by atoms with van der Waals surface area (Å²) in [5.41, 5.74) is 5.71. The van der Waals surface area contributed by atoms with Gasteiger partial charge in [0.25, 0.3) is 0 Å². The van der Waals surface area contributed by atoms with Crippen LogP contribution < -0.4 is 0 Å². The van der Waals surface area contributed by atoms with Crippen LogP contribution >= 0.6 is 0 Å². The zero-order valence-corrected chi connectivity index (χ0v) is 12.2. The molecule has 2 aromatic carbocycles. The molecule has 0 amide bonds. The van der Waals surface area contributed by atoms with Crippen LogP contribution in [0.15, 0.2) is 48.5 Å². The average Bonchev–Trinajstić information content (AvgIpc) is 2.29. The summed E-state index contributed by atoms with van der Waals surface area (Å²) in [6.45, 7) is 4.33. The number of hydrogen-bond donors (Lipinski definition) is 0. The van der Waals surface area contributed by atoms with Crippen LogP contribution in [0, 0.1) is 13.8 Å². The van der Waals surface area contributed by atoms with Crippen molar-refractivity contribution in [2.75, 3.05) is 0 Å². The van der Waals surface area contributed by atoms with Crippen molar-refractivity contribution in [2.24, 2.45) is 0 Å². The second kappa shape index (κ2) is 6.05. The van der Waals surface area contributed by atoms with E-state index in [9.17, 15) is 0 Å². The molecular formula is C16H18Se. The fourth-order valence-corrected chi connectivity index (χ4v) is 3.85. The van der Waals surface area contributed by atoms with Gasteiger partial charge in [-0.05, 0) is 0 Å². The Kier molecular flexibility index (Phi) is 4.42. The number of rotatable bonds is 4. The van der Waals surface area contributed by atoms with Crippen molar-refractivity contribution in [2.45, 2.75) is 24.5 Å². The Morgan fingerprint density at radius 1 is 0.765 bits per heavy atom. The van der Waals surface area contributed by atoms with Crippen molar-refractivity contribution in [3.63, 3.8) is 0 Å². The summed E-state index contributed by atoms with van der Waals surface area (Å²) in [6, 6.07) is 17.7. The zero-order valence-electron chi connectivity index (χ0n) is 10.4. The van der Waals surface area contributed by atoms with E-state index in [1.807, 2.05) is 0 Å². The predicted octanol–water partition coefficient (Wildman–Crippen LogP) is 3.71. The molecule has 0 atom stereocenters. The predicted molar refractivity (Wildman–Crippen MR) is 75.5 cm³/mol. The van der Waals surface area contributed by atoms with Crippen molar-refractivity contribution in [3.05, 3.63) is 70.8 Å². The molecule has 0 aromatic heterocycles. The van der Waals surface area contributed by atoms with Crippen LogP contribution in [0.25, 0.3) is 0 Å². The van der Waals surface area contributed by atoms with Crippen LogP contribution in [0.5, 0.6) is 0 Å². The van der Waals surface area contributed by atoms with Crippen molar-refractivity contribution >= 4 is 15.0 Å². The fraction of sp³-hybridized carbons (Fsp3) is 0.250. The molecule has 0 radical (unpaired) electrons. The second-order valence-electron chi connectivity index (χ2n) is 4.47. The molecule has 0 nitrogen and oxygen atoms in total. The molecule has 2 aromatic rings. The molecular weight excluding hydrogens is 271 g/mol. The zero-order chi connectivity index (χ0) is 12.1. The SMILES string of the molecule is Cc1cccc(C[Se]Cc2cccc(C)c2)c1. The van der Waals surface area contributed by atoms with Crippen molar-refractivity contribution in [3.8, 4) is 0 Å². The first-order valence-electron chi connectivity index (χ1n) is 5.93. The number of benzene rings is 2. The Bertz CT molecular complexity index is 443. The van der Waals surface area contributed by atoms with E-state index in [1.165, 1.54) is 32.9 Å². The molecule has 0 heterocycles. The first-order valence-corrected chi connectivity index (χ1v) is 8.35. The molecule has 0 spiro atoms. The van der Waals surface area contributed by atoms with E-state index in [0.717, 1.165) is 0 Å². The normalized spacial score (nSPS) is 10.5. The third kappa shape index (κ3) is 4.03. The Morgan fingerprint density at radius 3 is 1.65 bits per heavy atom.